The maximum Gasteiger partial charge on any atom is 0.339 e. The summed E-state index contributed by atoms with van der Waals surface area (Å²) >= 11 is 0. The molecule has 0 radical (unpaired) electrons. The van der Waals surface area contributed by atoms with E-state index in [0.29, 0.717) is 11.4 Å². The van der Waals surface area contributed by atoms with Crippen molar-refractivity contribution in [2.75, 3.05) is 30.4 Å². The maximum atomic E-state index is 11.5. The Morgan fingerprint density at radius 3 is 2.69 bits per heavy atom. The molecule has 0 saturated carbocycles. The van der Waals surface area contributed by atoms with E-state index in [1.165, 1.54) is 31.8 Å². The number of aromatic nitrogens is 2. The van der Waals surface area contributed by atoms with Crippen molar-refractivity contribution in [3.63, 3.8) is 0 Å². The van der Waals surface area contributed by atoms with E-state index in [2.05, 4.69) is 38.4 Å². The normalized spacial score (nSPS) is 13.8. The zero-order chi connectivity index (χ0) is 17.9. The Kier molecular flexibility index (Phi) is 4.39. The Hall–Kier alpha value is -3.15. The second-order valence-electron chi connectivity index (χ2n) is 6.30. The lowest BCUT2D eigenvalue weighted by atomic mass is 10.1. The second-order valence-corrected chi connectivity index (χ2v) is 6.30. The summed E-state index contributed by atoms with van der Waals surface area (Å²) in [5, 5.41) is 4.38. The van der Waals surface area contributed by atoms with Crippen LogP contribution in [0.5, 0.6) is 0 Å². The van der Waals surface area contributed by atoms with Crippen LogP contribution in [0.25, 0.3) is 10.9 Å². The van der Waals surface area contributed by atoms with Gasteiger partial charge in [0.2, 0.25) is 0 Å². The molecule has 3 aromatic rings. The van der Waals surface area contributed by atoms with E-state index in [9.17, 15) is 4.79 Å². The van der Waals surface area contributed by atoms with Crippen molar-refractivity contribution < 1.29 is 9.53 Å². The van der Waals surface area contributed by atoms with Gasteiger partial charge in [0.05, 0.1) is 23.9 Å². The molecule has 1 N–H and O–H groups in total. The van der Waals surface area contributed by atoms with Gasteiger partial charge >= 0.3 is 5.97 Å². The predicted molar refractivity (Wildman–Crippen MR) is 102 cm³/mol. The van der Waals surface area contributed by atoms with Crippen molar-refractivity contribution >= 4 is 34.1 Å². The Bertz CT molecular complexity index is 934. The van der Waals surface area contributed by atoms with E-state index in [1.54, 1.807) is 18.3 Å². The monoisotopic (exact) mass is 348 g/mol. The average molecular weight is 348 g/mol. The Balaban J connectivity index is 1.65. The summed E-state index contributed by atoms with van der Waals surface area (Å²) < 4.78 is 4.70. The highest BCUT2D eigenvalue weighted by Crippen LogP contribution is 2.30. The van der Waals surface area contributed by atoms with Crippen LogP contribution in [0, 0.1) is 0 Å². The zero-order valence-corrected chi connectivity index (χ0v) is 14.6. The molecule has 6 nitrogen and oxygen atoms in total. The van der Waals surface area contributed by atoms with Crippen LogP contribution in [0.2, 0.25) is 0 Å². The highest BCUT2D eigenvalue weighted by atomic mass is 16.5. The molecule has 1 saturated heterocycles. The quantitative estimate of drug-likeness (QED) is 0.724. The number of fused-ring (bicyclic) bond motifs is 1. The molecule has 3 heterocycles. The fourth-order valence-electron chi connectivity index (χ4n) is 3.26. The third kappa shape index (κ3) is 3.18. The molecule has 0 amide bonds. The Morgan fingerprint density at radius 1 is 1.12 bits per heavy atom. The number of benzene rings is 1. The average Bonchev–Trinajstić information content (AvgIpc) is 3.23. The number of ether oxygens (including phenoxy) is 1. The minimum atomic E-state index is -0.395. The number of anilines is 3. The van der Waals surface area contributed by atoms with Gasteiger partial charge in [0.15, 0.2) is 0 Å². The standard InChI is InChI=1S/C20H20N4O2/c1-26-20(25)14-4-7-19(22-13-14)23-18-8-9-21-17-6-5-15(12-16(17)18)24-10-2-3-11-24/h4-9,12-13H,2-3,10-11H2,1H3,(H,21,22,23). The van der Waals surface area contributed by atoms with Crippen LogP contribution in [0.1, 0.15) is 23.2 Å². The van der Waals surface area contributed by atoms with E-state index in [1.807, 2.05) is 6.07 Å². The van der Waals surface area contributed by atoms with E-state index >= 15 is 0 Å². The number of pyridine rings is 2. The summed E-state index contributed by atoms with van der Waals surface area (Å²) in [6.07, 6.45) is 5.77. The summed E-state index contributed by atoms with van der Waals surface area (Å²) in [5.41, 5.74) is 3.52. The molecular formula is C20H20N4O2. The number of carbonyl (C=O) groups is 1. The van der Waals surface area contributed by atoms with Gasteiger partial charge in [-0.25, -0.2) is 9.78 Å². The summed E-state index contributed by atoms with van der Waals surface area (Å²) in [6, 6.07) is 11.8. The molecule has 2 aromatic heterocycles. The molecule has 0 spiro atoms. The summed E-state index contributed by atoms with van der Waals surface area (Å²) in [5.74, 6) is 0.269. The molecule has 1 aromatic carbocycles. The number of hydrogen-bond acceptors (Lipinski definition) is 6. The third-order valence-electron chi connectivity index (χ3n) is 4.64. The first-order chi connectivity index (χ1) is 12.7. The van der Waals surface area contributed by atoms with Gasteiger partial charge in [0, 0.05) is 36.6 Å². The smallest absolute Gasteiger partial charge is 0.339 e. The molecule has 0 atom stereocenters. The van der Waals surface area contributed by atoms with Gasteiger partial charge in [-0.15, -0.1) is 0 Å². The topological polar surface area (TPSA) is 67.3 Å². The number of rotatable bonds is 4. The number of hydrogen-bond donors (Lipinski definition) is 1. The van der Waals surface area contributed by atoms with Gasteiger partial charge in [0.1, 0.15) is 5.82 Å². The molecule has 26 heavy (non-hydrogen) atoms. The van der Waals surface area contributed by atoms with Crippen LogP contribution in [-0.4, -0.2) is 36.1 Å². The molecule has 6 heteroatoms. The van der Waals surface area contributed by atoms with Crippen LogP contribution >= 0.6 is 0 Å². The van der Waals surface area contributed by atoms with Crippen molar-refractivity contribution in [1.29, 1.82) is 0 Å². The first-order valence-electron chi connectivity index (χ1n) is 8.70. The van der Waals surface area contributed by atoms with Crippen molar-refractivity contribution in [3.8, 4) is 0 Å². The molecule has 0 unspecified atom stereocenters. The van der Waals surface area contributed by atoms with Gasteiger partial charge in [0.25, 0.3) is 0 Å². The van der Waals surface area contributed by atoms with Crippen molar-refractivity contribution in [3.05, 3.63) is 54.4 Å². The number of nitrogens with zero attached hydrogens (tertiary/aromatic N) is 3. The van der Waals surface area contributed by atoms with Gasteiger partial charge in [-0.1, -0.05) is 0 Å². The molecule has 0 bridgehead atoms. The van der Waals surface area contributed by atoms with Crippen LogP contribution in [0.4, 0.5) is 17.2 Å². The third-order valence-corrected chi connectivity index (χ3v) is 4.64. The molecule has 4 rings (SSSR count). The zero-order valence-electron chi connectivity index (χ0n) is 14.6. The molecular weight excluding hydrogens is 328 g/mol. The minimum absolute atomic E-state index is 0.395. The van der Waals surface area contributed by atoms with Gasteiger partial charge in [-0.05, 0) is 49.2 Å². The lowest BCUT2D eigenvalue weighted by Gasteiger charge is -2.18. The van der Waals surface area contributed by atoms with Gasteiger partial charge in [-0.3, -0.25) is 4.98 Å². The molecule has 0 aliphatic carbocycles. The fraction of sp³-hybridized carbons (Fsp3) is 0.250. The highest BCUT2D eigenvalue weighted by molar-refractivity contribution is 5.95. The van der Waals surface area contributed by atoms with Crippen LogP contribution < -0.4 is 10.2 Å². The number of methoxy groups -OCH3 is 1. The van der Waals surface area contributed by atoms with E-state index in [-0.39, 0.29) is 0 Å². The fourth-order valence-corrected chi connectivity index (χ4v) is 3.26. The molecule has 1 fully saturated rings. The first kappa shape index (κ1) is 16.3. The van der Waals surface area contributed by atoms with Crippen molar-refractivity contribution in [1.82, 2.24) is 9.97 Å². The number of nitrogens with one attached hydrogen (secondary N) is 1. The summed E-state index contributed by atoms with van der Waals surface area (Å²) in [6.45, 7) is 2.20. The van der Waals surface area contributed by atoms with E-state index in [0.717, 1.165) is 29.7 Å². The summed E-state index contributed by atoms with van der Waals surface area (Å²) in [4.78, 5) is 22.7. The van der Waals surface area contributed by atoms with Crippen LogP contribution in [0.3, 0.4) is 0 Å². The van der Waals surface area contributed by atoms with E-state index in [4.69, 9.17) is 4.74 Å². The highest BCUT2D eigenvalue weighted by Gasteiger charge is 2.14. The lowest BCUT2D eigenvalue weighted by Crippen LogP contribution is -2.17. The van der Waals surface area contributed by atoms with E-state index < -0.39 is 5.97 Å². The van der Waals surface area contributed by atoms with Crippen LogP contribution in [-0.2, 0) is 4.74 Å². The Morgan fingerprint density at radius 2 is 1.96 bits per heavy atom. The predicted octanol–water partition coefficient (Wildman–Crippen LogP) is 3.76. The van der Waals surface area contributed by atoms with Crippen molar-refractivity contribution in [2.45, 2.75) is 12.8 Å². The van der Waals surface area contributed by atoms with Gasteiger partial charge in [-0.2, -0.15) is 0 Å². The largest absolute Gasteiger partial charge is 0.465 e. The summed E-state index contributed by atoms with van der Waals surface area (Å²) in [7, 11) is 1.36. The Labute approximate surface area is 151 Å². The number of carbonyl (C=O) groups excluding carboxylic acids is 1. The molecule has 1 aliphatic rings. The van der Waals surface area contributed by atoms with Crippen molar-refractivity contribution in [2.24, 2.45) is 0 Å². The number of esters is 1. The molecule has 132 valence electrons. The first-order valence-corrected chi connectivity index (χ1v) is 8.70. The minimum Gasteiger partial charge on any atom is -0.465 e. The lowest BCUT2D eigenvalue weighted by molar-refractivity contribution is 0.0600. The second kappa shape index (κ2) is 7.00. The SMILES string of the molecule is COC(=O)c1ccc(Nc2ccnc3ccc(N4CCCC4)cc23)nc1. The van der Waals surface area contributed by atoms with Crippen LogP contribution in [0.15, 0.2) is 48.8 Å². The maximum absolute atomic E-state index is 11.5. The van der Waals surface area contributed by atoms with Gasteiger partial charge < -0.3 is 15.0 Å². The molecule has 1 aliphatic heterocycles.